The maximum Gasteiger partial charge on any atom is 0.303 e. The number of nitrogens with one attached hydrogen (secondary N) is 2. The van der Waals surface area contributed by atoms with Crippen LogP contribution in [-0.2, 0) is 16.0 Å². The van der Waals surface area contributed by atoms with Gasteiger partial charge in [-0.15, -0.1) is 11.8 Å². The SMILES string of the molecule is CC(C)(C)Cc1c(SC(C)(C)C)[nH]c2c(N3CCC(CCNC(=O)CCC(=O)O)CC3)c(O)ccc12. The van der Waals surface area contributed by atoms with Gasteiger partial charge in [-0.1, -0.05) is 41.5 Å². The highest BCUT2D eigenvalue weighted by Gasteiger charge is 2.28. The Kier molecular flexibility index (Phi) is 8.91. The molecule has 1 amide bonds. The Bertz CT molecular complexity index is 1070. The van der Waals surface area contributed by atoms with Gasteiger partial charge in [0, 0.05) is 36.2 Å². The van der Waals surface area contributed by atoms with E-state index >= 15 is 0 Å². The number of aromatic hydroxyl groups is 1. The summed E-state index contributed by atoms with van der Waals surface area (Å²) in [5.41, 5.74) is 3.38. The number of hydrogen-bond donors (Lipinski definition) is 4. The fraction of sp³-hybridized carbons (Fsp3) is 0.643. The third-order valence-corrected chi connectivity index (χ3v) is 7.65. The Balaban J connectivity index is 1.73. The van der Waals surface area contributed by atoms with Gasteiger partial charge >= 0.3 is 5.97 Å². The summed E-state index contributed by atoms with van der Waals surface area (Å²) < 4.78 is 0.0666. The van der Waals surface area contributed by atoms with Crippen LogP contribution in [0.1, 0.15) is 79.2 Å². The van der Waals surface area contributed by atoms with Crippen molar-refractivity contribution in [2.45, 2.75) is 89.8 Å². The second-order valence-corrected chi connectivity index (χ2v) is 14.0. The highest BCUT2D eigenvalue weighted by Crippen LogP contribution is 2.45. The Labute approximate surface area is 219 Å². The molecule has 0 atom stereocenters. The zero-order chi connectivity index (χ0) is 26.7. The summed E-state index contributed by atoms with van der Waals surface area (Å²) in [4.78, 5) is 28.4. The molecule has 0 saturated carbocycles. The number of nitrogens with zero attached hydrogens (tertiary/aromatic N) is 1. The Morgan fingerprint density at radius 1 is 1.11 bits per heavy atom. The zero-order valence-corrected chi connectivity index (χ0v) is 23.5. The minimum absolute atomic E-state index is 0.0277. The van der Waals surface area contributed by atoms with Crippen molar-refractivity contribution in [3.63, 3.8) is 0 Å². The van der Waals surface area contributed by atoms with Gasteiger partial charge in [-0.25, -0.2) is 0 Å². The van der Waals surface area contributed by atoms with E-state index in [0.29, 0.717) is 18.2 Å². The first kappa shape index (κ1) is 28.2. The number of piperidine rings is 1. The van der Waals surface area contributed by atoms with Crippen LogP contribution in [0.2, 0.25) is 0 Å². The minimum Gasteiger partial charge on any atom is -0.506 e. The highest BCUT2D eigenvalue weighted by atomic mass is 32.2. The molecule has 36 heavy (non-hydrogen) atoms. The largest absolute Gasteiger partial charge is 0.506 e. The number of carboxylic acids is 1. The summed E-state index contributed by atoms with van der Waals surface area (Å²) in [6, 6.07) is 3.89. The summed E-state index contributed by atoms with van der Waals surface area (Å²) in [6.07, 6.45) is 3.70. The van der Waals surface area contributed by atoms with Gasteiger partial charge in [0.2, 0.25) is 5.91 Å². The molecule has 2 heterocycles. The number of fused-ring (bicyclic) bond motifs is 1. The van der Waals surface area contributed by atoms with Gasteiger partial charge in [0.05, 0.1) is 17.0 Å². The van der Waals surface area contributed by atoms with E-state index in [0.717, 1.165) is 50.0 Å². The van der Waals surface area contributed by atoms with Crippen LogP contribution in [0.4, 0.5) is 5.69 Å². The smallest absolute Gasteiger partial charge is 0.303 e. The van der Waals surface area contributed by atoms with Crippen molar-refractivity contribution in [1.82, 2.24) is 10.3 Å². The summed E-state index contributed by atoms with van der Waals surface area (Å²) in [7, 11) is 0. The lowest BCUT2D eigenvalue weighted by Gasteiger charge is -2.34. The number of carbonyl (C=O) groups is 2. The molecule has 3 rings (SSSR count). The van der Waals surface area contributed by atoms with Crippen molar-refractivity contribution < 1.29 is 19.8 Å². The molecule has 200 valence electrons. The van der Waals surface area contributed by atoms with Crippen LogP contribution in [0.3, 0.4) is 0 Å². The van der Waals surface area contributed by atoms with Crippen LogP contribution in [-0.4, -0.2) is 51.5 Å². The number of hydrogen-bond acceptors (Lipinski definition) is 5. The molecule has 2 aromatic rings. The normalized spacial score (nSPS) is 15.4. The molecular formula is C28H43N3O4S. The lowest BCUT2D eigenvalue weighted by atomic mass is 9.88. The van der Waals surface area contributed by atoms with Crippen LogP contribution in [0.25, 0.3) is 10.9 Å². The van der Waals surface area contributed by atoms with E-state index < -0.39 is 5.97 Å². The number of aromatic amines is 1. The van der Waals surface area contributed by atoms with Crippen LogP contribution >= 0.6 is 11.8 Å². The molecule has 1 fully saturated rings. The van der Waals surface area contributed by atoms with Crippen LogP contribution in [0.5, 0.6) is 5.75 Å². The number of H-pyrrole nitrogens is 1. The van der Waals surface area contributed by atoms with E-state index in [9.17, 15) is 14.7 Å². The third kappa shape index (κ3) is 7.82. The first-order valence-corrected chi connectivity index (χ1v) is 13.8. The maximum atomic E-state index is 11.8. The number of phenolic OH excluding ortho intramolecular Hbond substituents is 1. The van der Waals surface area contributed by atoms with E-state index in [1.807, 2.05) is 17.8 Å². The van der Waals surface area contributed by atoms with Gasteiger partial charge < -0.3 is 25.4 Å². The second kappa shape index (κ2) is 11.4. The molecule has 1 aromatic heterocycles. The number of anilines is 1. The molecule has 1 aliphatic heterocycles. The van der Waals surface area contributed by atoms with Crippen molar-refractivity contribution in [2.75, 3.05) is 24.5 Å². The monoisotopic (exact) mass is 517 g/mol. The zero-order valence-electron chi connectivity index (χ0n) is 22.7. The van der Waals surface area contributed by atoms with Gasteiger partial charge in [-0.2, -0.15) is 0 Å². The van der Waals surface area contributed by atoms with Gasteiger partial charge in [0.15, 0.2) is 0 Å². The van der Waals surface area contributed by atoms with Crippen molar-refractivity contribution in [2.24, 2.45) is 11.3 Å². The summed E-state index contributed by atoms with van der Waals surface area (Å²) in [5.74, 6) is -0.349. The molecule has 0 bridgehead atoms. The van der Waals surface area contributed by atoms with Gasteiger partial charge in [0.1, 0.15) is 11.4 Å². The first-order valence-electron chi connectivity index (χ1n) is 13.0. The molecule has 0 unspecified atom stereocenters. The molecule has 1 aliphatic rings. The Hall–Kier alpha value is -2.35. The third-order valence-electron chi connectivity index (χ3n) is 6.48. The number of carbonyl (C=O) groups excluding carboxylic acids is 1. The van der Waals surface area contributed by atoms with Crippen LogP contribution in [0, 0.1) is 11.3 Å². The molecule has 0 aliphatic carbocycles. The van der Waals surface area contributed by atoms with E-state index in [1.54, 1.807) is 0 Å². The number of amides is 1. The number of benzene rings is 1. The molecule has 0 radical (unpaired) electrons. The summed E-state index contributed by atoms with van der Waals surface area (Å²) in [6.45, 7) is 15.7. The predicted molar refractivity (Wildman–Crippen MR) is 148 cm³/mol. The standard InChI is InChI=1S/C28H43N3O4S/c1-27(2,3)17-20-19-7-8-21(32)25(24(19)30-26(20)36-28(4,5)6)31-15-12-18(13-16-31)11-14-29-22(33)9-10-23(34)35/h7-8,18,30,32H,9-17H2,1-6H3,(H,29,33)(H,34,35). The van der Waals surface area contributed by atoms with Gasteiger partial charge in [-0.3, -0.25) is 9.59 Å². The molecular weight excluding hydrogens is 474 g/mol. The molecule has 1 saturated heterocycles. The number of aliphatic carboxylic acids is 1. The number of thioether (sulfide) groups is 1. The first-order chi connectivity index (χ1) is 16.7. The second-order valence-electron chi connectivity index (χ2n) is 12.2. The average Bonchev–Trinajstić information content (AvgIpc) is 3.06. The quantitative estimate of drug-likeness (QED) is 0.307. The van der Waals surface area contributed by atoms with Crippen molar-refractivity contribution in [3.8, 4) is 5.75 Å². The van der Waals surface area contributed by atoms with Gasteiger partial charge in [-0.05, 0) is 54.7 Å². The Morgan fingerprint density at radius 3 is 2.36 bits per heavy atom. The molecule has 0 spiro atoms. The van der Waals surface area contributed by atoms with Crippen LogP contribution < -0.4 is 10.2 Å². The highest BCUT2D eigenvalue weighted by molar-refractivity contribution is 8.00. The number of carboxylic acid groups (broad SMARTS) is 1. The average molecular weight is 518 g/mol. The molecule has 4 N–H and O–H groups in total. The predicted octanol–water partition coefficient (Wildman–Crippen LogP) is 5.94. The lowest BCUT2D eigenvalue weighted by molar-refractivity contribution is -0.138. The van der Waals surface area contributed by atoms with Crippen molar-refractivity contribution in [1.29, 1.82) is 0 Å². The fourth-order valence-electron chi connectivity index (χ4n) is 4.86. The lowest BCUT2D eigenvalue weighted by Crippen LogP contribution is -2.35. The topological polar surface area (TPSA) is 106 Å². The summed E-state index contributed by atoms with van der Waals surface area (Å²) in [5, 5.41) is 24.9. The maximum absolute atomic E-state index is 11.8. The minimum atomic E-state index is -0.951. The summed E-state index contributed by atoms with van der Waals surface area (Å²) >= 11 is 1.85. The van der Waals surface area contributed by atoms with Crippen molar-refractivity contribution >= 4 is 40.2 Å². The number of aromatic nitrogens is 1. The van der Waals surface area contributed by atoms with E-state index in [1.165, 1.54) is 16.0 Å². The molecule has 7 nitrogen and oxygen atoms in total. The van der Waals surface area contributed by atoms with Gasteiger partial charge in [0.25, 0.3) is 0 Å². The van der Waals surface area contributed by atoms with E-state index in [4.69, 9.17) is 5.11 Å². The Morgan fingerprint density at radius 2 is 1.78 bits per heavy atom. The number of rotatable bonds is 9. The number of phenols is 1. The van der Waals surface area contributed by atoms with E-state index in [2.05, 4.69) is 62.8 Å². The van der Waals surface area contributed by atoms with Crippen LogP contribution in [0.15, 0.2) is 17.2 Å². The van der Waals surface area contributed by atoms with E-state index in [-0.39, 0.29) is 28.9 Å². The fourth-order valence-corrected chi connectivity index (χ4v) is 5.93. The van der Waals surface area contributed by atoms with Crippen molar-refractivity contribution in [3.05, 3.63) is 17.7 Å². The molecule has 1 aromatic carbocycles. The molecule has 8 heteroatoms.